The van der Waals surface area contributed by atoms with Gasteiger partial charge in [0.15, 0.2) is 18.1 Å². The second-order valence-corrected chi connectivity index (χ2v) is 6.17. The molecular formula is C21H19NO4. The van der Waals surface area contributed by atoms with Gasteiger partial charge in [0, 0.05) is 5.39 Å². The first-order chi connectivity index (χ1) is 12.7. The third-order valence-corrected chi connectivity index (χ3v) is 4.38. The van der Waals surface area contributed by atoms with Crippen molar-refractivity contribution in [1.29, 1.82) is 0 Å². The van der Waals surface area contributed by atoms with Crippen LogP contribution in [0, 0.1) is 0 Å². The number of hydrogen-bond donors (Lipinski definition) is 1. The molecular weight excluding hydrogens is 330 g/mol. The smallest absolute Gasteiger partial charge is 0.258 e. The van der Waals surface area contributed by atoms with Crippen LogP contribution in [0.25, 0.3) is 10.8 Å². The van der Waals surface area contributed by atoms with E-state index >= 15 is 0 Å². The highest BCUT2D eigenvalue weighted by atomic mass is 16.7. The summed E-state index contributed by atoms with van der Waals surface area (Å²) in [5, 5.41) is 5.02. The first-order valence-electron chi connectivity index (χ1n) is 8.50. The Kier molecular flexibility index (Phi) is 4.35. The molecule has 0 spiro atoms. The molecule has 0 saturated carbocycles. The Labute approximate surface area is 151 Å². The SMILES string of the molecule is C[C@H](NC(=O)COc1cccc2ccccc12)c1ccc2c(c1)OCO2. The van der Waals surface area contributed by atoms with Crippen molar-refractivity contribution in [2.75, 3.05) is 13.4 Å². The number of fused-ring (bicyclic) bond motifs is 2. The third kappa shape index (κ3) is 3.28. The van der Waals surface area contributed by atoms with E-state index in [1.54, 1.807) is 0 Å². The van der Waals surface area contributed by atoms with Crippen LogP contribution in [0.3, 0.4) is 0 Å². The highest BCUT2D eigenvalue weighted by Gasteiger charge is 2.17. The summed E-state index contributed by atoms with van der Waals surface area (Å²) < 4.78 is 16.4. The van der Waals surface area contributed by atoms with Crippen LogP contribution in [-0.4, -0.2) is 19.3 Å². The predicted molar refractivity (Wildman–Crippen MR) is 98.6 cm³/mol. The lowest BCUT2D eigenvalue weighted by Gasteiger charge is -2.15. The van der Waals surface area contributed by atoms with Crippen molar-refractivity contribution in [3.8, 4) is 17.2 Å². The second-order valence-electron chi connectivity index (χ2n) is 6.17. The van der Waals surface area contributed by atoms with Crippen molar-refractivity contribution >= 4 is 16.7 Å². The fraction of sp³-hybridized carbons (Fsp3) is 0.190. The quantitative estimate of drug-likeness (QED) is 0.761. The highest BCUT2D eigenvalue weighted by molar-refractivity contribution is 5.88. The summed E-state index contributed by atoms with van der Waals surface area (Å²) in [5.41, 5.74) is 0.952. The lowest BCUT2D eigenvalue weighted by Crippen LogP contribution is -2.31. The summed E-state index contributed by atoms with van der Waals surface area (Å²) in [6.07, 6.45) is 0. The standard InChI is InChI=1S/C21H19NO4/c1-14(16-9-10-19-20(11-16)26-13-25-19)22-21(23)12-24-18-8-4-6-15-5-2-3-7-17(15)18/h2-11,14H,12-13H2,1H3,(H,22,23)/t14-/m0/s1. The summed E-state index contributed by atoms with van der Waals surface area (Å²) in [7, 11) is 0. The van der Waals surface area contributed by atoms with E-state index in [1.807, 2.05) is 67.6 Å². The molecule has 132 valence electrons. The van der Waals surface area contributed by atoms with Crippen molar-refractivity contribution in [3.63, 3.8) is 0 Å². The molecule has 1 heterocycles. The molecule has 1 amide bonds. The minimum Gasteiger partial charge on any atom is -0.483 e. The summed E-state index contributed by atoms with van der Waals surface area (Å²) in [4.78, 5) is 12.3. The van der Waals surface area contributed by atoms with Gasteiger partial charge < -0.3 is 19.5 Å². The predicted octanol–water partition coefficient (Wildman–Crippen LogP) is 3.82. The van der Waals surface area contributed by atoms with Crippen molar-refractivity contribution in [1.82, 2.24) is 5.32 Å². The zero-order valence-corrected chi connectivity index (χ0v) is 14.4. The van der Waals surface area contributed by atoms with E-state index < -0.39 is 0 Å². The molecule has 0 fully saturated rings. The molecule has 26 heavy (non-hydrogen) atoms. The van der Waals surface area contributed by atoms with Gasteiger partial charge in [-0.3, -0.25) is 4.79 Å². The van der Waals surface area contributed by atoms with Crippen LogP contribution in [0.1, 0.15) is 18.5 Å². The molecule has 3 aromatic carbocycles. The van der Waals surface area contributed by atoms with Crippen LogP contribution in [0.5, 0.6) is 17.2 Å². The summed E-state index contributed by atoms with van der Waals surface area (Å²) in [6.45, 7) is 2.12. The molecule has 0 aromatic heterocycles. The molecule has 0 bridgehead atoms. The van der Waals surface area contributed by atoms with Gasteiger partial charge >= 0.3 is 0 Å². The molecule has 5 nitrogen and oxygen atoms in total. The molecule has 4 rings (SSSR count). The Hall–Kier alpha value is -3.21. The molecule has 1 atom stereocenters. The Bertz CT molecular complexity index is 948. The third-order valence-electron chi connectivity index (χ3n) is 4.38. The van der Waals surface area contributed by atoms with Crippen LogP contribution < -0.4 is 19.5 Å². The van der Waals surface area contributed by atoms with Crippen molar-refractivity contribution < 1.29 is 19.0 Å². The van der Waals surface area contributed by atoms with E-state index in [-0.39, 0.29) is 25.3 Å². The Morgan fingerprint density at radius 1 is 1.08 bits per heavy atom. The normalized spacial score (nSPS) is 13.4. The van der Waals surface area contributed by atoms with Gasteiger partial charge in [-0.15, -0.1) is 0 Å². The maximum Gasteiger partial charge on any atom is 0.258 e. The fourth-order valence-corrected chi connectivity index (χ4v) is 3.01. The Morgan fingerprint density at radius 3 is 2.81 bits per heavy atom. The van der Waals surface area contributed by atoms with Crippen LogP contribution in [0.2, 0.25) is 0 Å². The lowest BCUT2D eigenvalue weighted by atomic mass is 10.1. The largest absolute Gasteiger partial charge is 0.483 e. The van der Waals surface area contributed by atoms with Gasteiger partial charge in [0.25, 0.3) is 5.91 Å². The van der Waals surface area contributed by atoms with E-state index in [4.69, 9.17) is 14.2 Å². The topological polar surface area (TPSA) is 56.8 Å². The van der Waals surface area contributed by atoms with E-state index in [1.165, 1.54) is 0 Å². The highest BCUT2D eigenvalue weighted by Crippen LogP contribution is 2.34. The van der Waals surface area contributed by atoms with Crippen LogP contribution >= 0.6 is 0 Å². The molecule has 5 heteroatoms. The number of carbonyl (C=O) groups is 1. The molecule has 3 aromatic rings. The van der Waals surface area contributed by atoms with Crippen LogP contribution in [0.4, 0.5) is 0 Å². The van der Waals surface area contributed by atoms with Gasteiger partial charge in [0.2, 0.25) is 6.79 Å². The number of carbonyl (C=O) groups excluding carboxylic acids is 1. The van der Waals surface area contributed by atoms with E-state index in [0.717, 1.165) is 22.1 Å². The molecule has 0 radical (unpaired) electrons. The monoisotopic (exact) mass is 349 g/mol. The number of rotatable bonds is 5. The first-order valence-corrected chi connectivity index (χ1v) is 8.50. The number of hydrogen-bond acceptors (Lipinski definition) is 4. The summed E-state index contributed by atoms with van der Waals surface area (Å²) in [6, 6.07) is 19.2. The van der Waals surface area contributed by atoms with Crippen LogP contribution in [-0.2, 0) is 4.79 Å². The zero-order valence-electron chi connectivity index (χ0n) is 14.4. The van der Waals surface area contributed by atoms with Gasteiger partial charge in [-0.25, -0.2) is 0 Å². The van der Waals surface area contributed by atoms with Gasteiger partial charge in [0.1, 0.15) is 5.75 Å². The minimum absolute atomic E-state index is 0.0388. The maximum absolute atomic E-state index is 12.3. The van der Waals surface area contributed by atoms with E-state index in [9.17, 15) is 4.79 Å². The molecule has 1 aliphatic heterocycles. The minimum atomic E-state index is -0.178. The second kappa shape index (κ2) is 6.96. The average molecular weight is 349 g/mol. The number of amides is 1. The molecule has 1 aliphatic rings. The molecule has 0 aliphatic carbocycles. The molecule has 1 N–H and O–H groups in total. The molecule has 0 saturated heterocycles. The van der Waals surface area contributed by atoms with Gasteiger partial charge in [0.05, 0.1) is 6.04 Å². The van der Waals surface area contributed by atoms with Crippen molar-refractivity contribution in [3.05, 3.63) is 66.2 Å². The van der Waals surface area contributed by atoms with Gasteiger partial charge in [-0.05, 0) is 36.1 Å². The lowest BCUT2D eigenvalue weighted by molar-refractivity contribution is -0.123. The number of nitrogens with one attached hydrogen (secondary N) is 1. The van der Waals surface area contributed by atoms with E-state index in [2.05, 4.69) is 5.32 Å². The van der Waals surface area contributed by atoms with E-state index in [0.29, 0.717) is 11.5 Å². The van der Waals surface area contributed by atoms with Crippen molar-refractivity contribution in [2.24, 2.45) is 0 Å². The van der Waals surface area contributed by atoms with Crippen molar-refractivity contribution in [2.45, 2.75) is 13.0 Å². The summed E-state index contributed by atoms with van der Waals surface area (Å²) in [5.74, 6) is 1.96. The Balaban J connectivity index is 1.39. The first kappa shape index (κ1) is 16.3. The van der Waals surface area contributed by atoms with Crippen LogP contribution in [0.15, 0.2) is 60.7 Å². The Morgan fingerprint density at radius 2 is 1.88 bits per heavy atom. The zero-order chi connectivity index (χ0) is 17.9. The maximum atomic E-state index is 12.3. The van der Waals surface area contributed by atoms with Gasteiger partial charge in [-0.2, -0.15) is 0 Å². The molecule has 0 unspecified atom stereocenters. The fourth-order valence-electron chi connectivity index (χ4n) is 3.01. The average Bonchev–Trinajstić information content (AvgIpc) is 3.14. The number of benzene rings is 3. The summed E-state index contributed by atoms with van der Waals surface area (Å²) >= 11 is 0. The number of ether oxygens (including phenoxy) is 3. The van der Waals surface area contributed by atoms with Gasteiger partial charge in [-0.1, -0.05) is 42.5 Å².